The molecule has 0 aliphatic rings. The van der Waals surface area contributed by atoms with Crippen molar-refractivity contribution in [3.63, 3.8) is 0 Å². The number of aryl methyl sites for hydroxylation is 1. The van der Waals surface area contributed by atoms with Gasteiger partial charge in [0, 0.05) is 21.3 Å². The smallest absolute Gasteiger partial charge is 0.324 e. The zero-order valence-corrected chi connectivity index (χ0v) is 19.7. The third kappa shape index (κ3) is 6.52. The quantitative estimate of drug-likeness (QED) is 0.335. The van der Waals surface area contributed by atoms with Crippen molar-refractivity contribution >= 4 is 69.5 Å². The van der Waals surface area contributed by atoms with Crippen molar-refractivity contribution in [1.29, 1.82) is 0 Å². The minimum absolute atomic E-state index is 0.0251. The van der Waals surface area contributed by atoms with Gasteiger partial charge in [-0.2, -0.15) is 13.2 Å². The average molecular weight is 526 g/mol. The van der Waals surface area contributed by atoms with Crippen molar-refractivity contribution in [2.45, 2.75) is 23.9 Å². The Morgan fingerprint density at radius 1 is 1.13 bits per heavy atom. The van der Waals surface area contributed by atoms with Crippen LogP contribution in [0.25, 0.3) is 0 Å². The topological polar surface area (TPSA) is 42.0 Å². The second-order valence-corrected chi connectivity index (χ2v) is 9.99. The van der Waals surface area contributed by atoms with E-state index in [0.717, 1.165) is 34.3 Å². The average Bonchev–Trinajstić information content (AvgIpc) is 3.03. The van der Waals surface area contributed by atoms with Crippen LogP contribution < -0.4 is 5.32 Å². The Bertz CT molecular complexity index is 1120. The van der Waals surface area contributed by atoms with Crippen molar-refractivity contribution in [1.82, 2.24) is 4.98 Å². The zero-order valence-electron chi connectivity index (χ0n) is 15.8. The molecule has 3 aromatic rings. The van der Waals surface area contributed by atoms with Crippen molar-refractivity contribution in [2.24, 2.45) is 0 Å². The SMILES string of the molecule is Cc1nc(SCC(=O)Nc2cc(C(F)(F)F)ccc2Cl)sc1Cc1cc(Cl)ccc1Cl. The number of rotatable bonds is 6. The number of hydrogen-bond donors (Lipinski definition) is 1. The van der Waals surface area contributed by atoms with Crippen molar-refractivity contribution in [2.75, 3.05) is 11.1 Å². The zero-order chi connectivity index (χ0) is 22.8. The first-order valence-corrected chi connectivity index (χ1v) is 11.7. The summed E-state index contributed by atoms with van der Waals surface area (Å²) in [5.41, 5.74) is 0.702. The molecule has 0 atom stereocenters. The molecule has 1 heterocycles. The molecule has 0 aliphatic carbocycles. The Kier molecular flexibility index (Phi) is 7.81. The number of nitrogens with one attached hydrogen (secondary N) is 1. The summed E-state index contributed by atoms with van der Waals surface area (Å²) >= 11 is 20.8. The number of halogens is 6. The van der Waals surface area contributed by atoms with Gasteiger partial charge in [0.25, 0.3) is 0 Å². The molecule has 1 aromatic heterocycles. The van der Waals surface area contributed by atoms with Gasteiger partial charge in [0.1, 0.15) is 0 Å². The van der Waals surface area contributed by atoms with Crippen LogP contribution in [0, 0.1) is 6.92 Å². The van der Waals surface area contributed by atoms with E-state index in [2.05, 4.69) is 10.3 Å². The second kappa shape index (κ2) is 10.0. The highest BCUT2D eigenvalue weighted by molar-refractivity contribution is 8.01. The first kappa shape index (κ1) is 24.2. The molecule has 3 rings (SSSR count). The number of thiazole rings is 1. The van der Waals surface area contributed by atoms with Gasteiger partial charge in [-0.1, -0.05) is 46.6 Å². The number of hydrogen-bond acceptors (Lipinski definition) is 4. The van der Waals surface area contributed by atoms with Crippen molar-refractivity contribution in [3.8, 4) is 0 Å². The van der Waals surface area contributed by atoms with Gasteiger partial charge in [-0.3, -0.25) is 4.79 Å². The highest BCUT2D eigenvalue weighted by Gasteiger charge is 2.31. The van der Waals surface area contributed by atoms with Crippen LogP contribution in [-0.2, 0) is 17.4 Å². The molecule has 0 fully saturated rings. The van der Waals surface area contributed by atoms with Gasteiger partial charge in [0.15, 0.2) is 4.34 Å². The molecule has 0 saturated heterocycles. The van der Waals surface area contributed by atoms with Crippen LogP contribution in [0.5, 0.6) is 0 Å². The maximum Gasteiger partial charge on any atom is 0.416 e. The second-order valence-electron chi connectivity index (χ2n) is 6.43. The van der Waals surface area contributed by atoms with Gasteiger partial charge in [0.05, 0.1) is 27.7 Å². The van der Waals surface area contributed by atoms with Crippen LogP contribution >= 0.6 is 57.9 Å². The van der Waals surface area contributed by atoms with Crippen molar-refractivity contribution in [3.05, 3.63) is 73.2 Å². The summed E-state index contributed by atoms with van der Waals surface area (Å²) in [6, 6.07) is 8.01. The molecule has 0 saturated carbocycles. The number of aromatic nitrogens is 1. The molecule has 1 N–H and O–H groups in total. The molecular formula is C20H14Cl3F3N2OS2. The number of carbonyl (C=O) groups is 1. The molecule has 0 radical (unpaired) electrons. The lowest BCUT2D eigenvalue weighted by Crippen LogP contribution is -2.15. The summed E-state index contributed by atoms with van der Waals surface area (Å²) < 4.78 is 39.3. The predicted molar refractivity (Wildman–Crippen MR) is 122 cm³/mol. The number of anilines is 1. The van der Waals surface area contributed by atoms with E-state index in [9.17, 15) is 18.0 Å². The van der Waals surface area contributed by atoms with Gasteiger partial charge >= 0.3 is 6.18 Å². The van der Waals surface area contributed by atoms with E-state index in [1.807, 2.05) is 6.92 Å². The van der Waals surface area contributed by atoms with Gasteiger partial charge in [-0.05, 0) is 48.9 Å². The number of thioether (sulfide) groups is 1. The van der Waals surface area contributed by atoms with Gasteiger partial charge in [0.2, 0.25) is 5.91 Å². The lowest BCUT2D eigenvalue weighted by molar-refractivity contribution is -0.137. The molecule has 0 spiro atoms. The normalized spacial score (nSPS) is 11.6. The Morgan fingerprint density at radius 2 is 1.84 bits per heavy atom. The monoisotopic (exact) mass is 524 g/mol. The molecular weight excluding hydrogens is 512 g/mol. The molecule has 31 heavy (non-hydrogen) atoms. The predicted octanol–water partition coefficient (Wildman–Crippen LogP) is 7.75. The van der Waals surface area contributed by atoms with E-state index in [-0.39, 0.29) is 16.5 Å². The number of carbonyl (C=O) groups excluding carboxylic acids is 1. The van der Waals surface area contributed by atoms with Crippen LogP contribution in [-0.4, -0.2) is 16.6 Å². The summed E-state index contributed by atoms with van der Waals surface area (Å²) in [5, 5.41) is 3.63. The number of amides is 1. The Labute approximate surface area is 199 Å². The van der Waals surface area contributed by atoms with E-state index in [1.165, 1.54) is 23.1 Å². The standard InChI is InChI=1S/C20H14Cl3F3N2OS2/c1-10-17(7-11-6-13(21)3-5-14(11)22)31-19(27-10)30-9-18(29)28-16-8-12(20(24,25)26)2-4-15(16)23/h2-6,8H,7,9H2,1H3,(H,28,29). The Hall–Kier alpha value is -1.45. The fraction of sp³-hybridized carbons (Fsp3) is 0.200. The molecule has 2 aromatic carbocycles. The van der Waals surface area contributed by atoms with Crippen LogP contribution in [0.2, 0.25) is 15.1 Å². The largest absolute Gasteiger partial charge is 0.416 e. The summed E-state index contributed by atoms with van der Waals surface area (Å²) in [6.07, 6.45) is -3.98. The van der Waals surface area contributed by atoms with Crippen molar-refractivity contribution < 1.29 is 18.0 Å². The summed E-state index contributed by atoms with van der Waals surface area (Å²) in [6.45, 7) is 1.86. The van der Waals surface area contributed by atoms with Gasteiger partial charge < -0.3 is 5.32 Å². The third-order valence-corrected chi connectivity index (χ3v) is 7.36. The minimum atomic E-state index is -4.53. The van der Waals surface area contributed by atoms with Crippen LogP contribution in [0.4, 0.5) is 18.9 Å². The molecule has 0 bridgehead atoms. The third-order valence-electron chi connectivity index (χ3n) is 4.13. The van der Waals surface area contributed by atoms with E-state index in [4.69, 9.17) is 34.8 Å². The lowest BCUT2D eigenvalue weighted by Gasteiger charge is -2.11. The number of alkyl halides is 3. The van der Waals surface area contributed by atoms with Crippen LogP contribution in [0.15, 0.2) is 40.7 Å². The summed E-state index contributed by atoms with van der Waals surface area (Å²) in [7, 11) is 0. The number of benzene rings is 2. The first-order valence-electron chi connectivity index (χ1n) is 8.72. The first-order chi connectivity index (χ1) is 14.5. The molecule has 164 valence electrons. The highest BCUT2D eigenvalue weighted by Crippen LogP contribution is 2.34. The number of nitrogens with zero attached hydrogens (tertiary/aromatic N) is 1. The highest BCUT2D eigenvalue weighted by atomic mass is 35.5. The van der Waals surface area contributed by atoms with E-state index < -0.39 is 17.6 Å². The summed E-state index contributed by atoms with van der Waals surface area (Å²) in [5.74, 6) is -0.518. The van der Waals surface area contributed by atoms with Crippen LogP contribution in [0.3, 0.4) is 0 Å². The van der Waals surface area contributed by atoms with E-state index in [0.29, 0.717) is 20.8 Å². The fourth-order valence-corrected chi connectivity index (χ4v) is 5.19. The maximum absolute atomic E-state index is 12.9. The van der Waals surface area contributed by atoms with Gasteiger partial charge in [-0.25, -0.2) is 4.98 Å². The minimum Gasteiger partial charge on any atom is -0.324 e. The molecule has 0 unspecified atom stereocenters. The van der Waals surface area contributed by atoms with Gasteiger partial charge in [-0.15, -0.1) is 11.3 Å². The summed E-state index contributed by atoms with van der Waals surface area (Å²) in [4.78, 5) is 17.7. The van der Waals surface area contributed by atoms with E-state index >= 15 is 0 Å². The van der Waals surface area contributed by atoms with Crippen LogP contribution in [0.1, 0.15) is 21.7 Å². The fourth-order valence-electron chi connectivity index (χ4n) is 2.59. The molecule has 3 nitrogen and oxygen atoms in total. The lowest BCUT2D eigenvalue weighted by atomic mass is 10.1. The Balaban J connectivity index is 1.64. The Morgan fingerprint density at radius 3 is 2.55 bits per heavy atom. The molecule has 0 aliphatic heterocycles. The molecule has 1 amide bonds. The maximum atomic E-state index is 12.9. The molecule has 11 heteroatoms. The van der Waals surface area contributed by atoms with E-state index in [1.54, 1.807) is 18.2 Å².